The highest BCUT2D eigenvalue weighted by molar-refractivity contribution is 5.53. The number of aliphatic hydroxyl groups is 1. The van der Waals surface area contributed by atoms with Crippen molar-refractivity contribution in [3.63, 3.8) is 0 Å². The van der Waals surface area contributed by atoms with Crippen molar-refractivity contribution in [2.45, 2.75) is 52.7 Å². The normalized spacial score (nSPS) is 21.9. The lowest BCUT2D eigenvalue weighted by atomic mass is 9.77. The Hall–Kier alpha value is -1.06. The van der Waals surface area contributed by atoms with Gasteiger partial charge in [0.25, 0.3) is 0 Å². The summed E-state index contributed by atoms with van der Waals surface area (Å²) in [5, 5.41) is 9.92. The molecule has 94 valence electrons. The van der Waals surface area contributed by atoms with Gasteiger partial charge in [-0.15, -0.1) is 0 Å². The van der Waals surface area contributed by atoms with E-state index in [9.17, 15) is 5.11 Å². The summed E-state index contributed by atoms with van der Waals surface area (Å²) < 4.78 is 0. The average Bonchev–Trinajstić information content (AvgIpc) is 2.27. The third kappa shape index (κ3) is 1.74. The van der Waals surface area contributed by atoms with Gasteiger partial charge in [-0.25, -0.2) is 0 Å². The number of aryl methyl sites for hydroxylation is 2. The van der Waals surface area contributed by atoms with Gasteiger partial charge >= 0.3 is 0 Å². The Labute approximate surface area is 102 Å². The zero-order valence-electron chi connectivity index (χ0n) is 11.1. The lowest BCUT2D eigenvalue weighted by Crippen LogP contribution is -2.41. The van der Waals surface area contributed by atoms with Gasteiger partial charge in [-0.3, -0.25) is 0 Å². The van der Waals surface area contributed by atoms with Crippen molar-refractivity contribution in [2.24, 2.45) is 0 Å². The van der Waals surface area contributed by atoms with E-state index in [0.29, 0.717) is 0 Å². The van der Waals surface area contributed by atoms with Crippen LogP contribution < -0.4 is 4.89 Å². The number of hydrogen-bond donors (Lipinski definition) is 1. The monoisotopic (exact) mass is 236 g/mol. The number of fused-ring (bicyclic) bond motifs is 1. The molecule has 17 heavy (non-hydrogen) atoms. The smallest absolute Gasteiger partial charge is 0.209 e. The Morgan fingerprint density at radius 3 is 2.59 bits per heavy atom. The van der Waals surface area contributed by atoms with Crippen LogP contribution >= 0.6 is 0 Å². The van der Waals surface area contributed by atoms with Crippen molar-refractivity contribution < 1.29 is 14.9 Å². The summed E-state index contributed by atoms with van der Waals surface area (Å²) in [5.74, 6) is 0.759. The average molecular weight is 236 g/mol. The van der Waals surface area contributed by atoms with Gasteiger partial charge in [0.15, 0.2) is 5.75 Å². The minimum atomic E-state index is -0.930. The predicted molar refractivity (Wildman–Crippen MR) is 66.0 cm³/mol. The largest absolute Gasteiger partial charge is 0.364 e. The maximum atomic E-state index is 9.92. The van der Waals surface area contributed by atoms with Crippen LogP contribution in [-0.2, 0) is 16.7 Å². The van der Waals surface area contributed by atoms with E-state index < -0.39 is 11.7 Å². The molecule has 0 spiro atoms. The van der Waals surface area contributed by atoms with Crippen LogP contribution in [0.15, 0.2) is 6.07 Å². The van der Waals surface area contributed by atoms with Gasteiger partial charge in [0.05, 0.1) is 0 Å². The highest BCUT2D eigenvalue weighted by Gasteiger charge is 2.41. The molecule has 0 aromatic heterocycles. The quantitative estimate of drug-likeness (QED) is 0.762. The summed E-state index contributed by atoms with van der Waals surface area (Å²) in [4.78, 5) is 10.2. The topological polar surface area (TPSA) is 38.7 Å². The fourth-order valence-electron chi connectivity index (χ4n) is 2.55. The van der Waals surface area contributed by atoms with Crippen LogP contribution in [0.1, 0.15) is 43.0 Å². The predicted octanol–water partition coefficient (Wildman–Crippen LogP) is 2.79. The second kappa shape index (κ2) is 4.00. The molecule has 3 heteroatoms. The number of benzene rings is 1. The van der Waals surface area contributed by atoms with Gasteiger partial charge in [0.2, 0.25) is 6.29 Å². The van der Waals surface area contributed by atoms with Crippen LogP contribution in [0.5, 0.6) is 5.75 Å². The lowest BCUT2D eigenvalue weighted by molar-refractivity contribution is -0.335. The minimum Gasteiger partial charge on any atom is -0.364 e. The van der Waals surface area contributed by atoms with E-state index in [0.717, 1.165) is 23.3 Å². The maximum Gasteiger partial charge on any atom is 0.209 e. The molecular formula is C14H20O3. The lowest BCUT2D eigenvalue weighted by Gasteiger charge is -2.37. The third-order valence-corrected chi connectivity index (χ3v) is 3.70. The molecule has 0 saturated carbocycles. The van der Waals surface area contributed by atoms with E-state index >= 15 is 0 Å². The Morgan fingerprint density at radius 2 is 2.00 bits per heavy atom. The summed E-state index contributed by atoms with van der Waals surface area (Å²) in [7, 11) is 0. The van der Waals surface area contributed by atoms with Crippen molar-refractivity contribution in [3.8, 4) is 5.75 Å². The fourth-order valence-corrected chi connectivity index (χ4v) is 2.55. The molecule has 3 nitrogen and oxygen atoms in total. The van der Waals surface area contributed by atoms with Gasteiger partial charge in [-0.2, -0.15) is 4.89 Å². The van der Waals surface area contributed by atoms with E-state index in [4.69, 9.17) is 9.78 Å². The van der Waals surface area contributed by atoms with Crippen LogP contribution in [0.25, 0.3) is 0 Å². The van der Waals surface area contributed by atoms with Gasteiger partial charge in [0, 0.05) is 11.0 Å². The minimum absolute atomic E-state index is 0.451. The SMILES string of the molecule is CCc1cc(C)c2c(c1C)C(C)(C)C(O)OO2. The molecule has 1 heterocycles. The summed E-state index contributed by atoms with van der Waals surface area (Å²) in [6.45, 7) is 10.2. The highest BCUT2D eigenvalue weighted by atomic mass is 17.2. The van der Waals surface area contributed by atoms with Crippen LogP contribution in [0, 0.1) is 13.8 Å². The van der Waals surface area contributed by atoms with Gasteiger partial charge in [0.1, 0.15) is 0 Å². The highest BCUT2D eigenvalue weighted by Crippen LogP contribution is 2.44. The molecule has 1 N–H and O–H groups in total. The van der Waals surface area contributed by atoms with E-state index in [1.807, 2.05) is 20.8 Å². The molecule has 2 rings (SSSR count). The first kappa shape index (κ1) is 12.4. The zero-order chi connectivity index (χ0) is 12.8. The molecule has 1 aromatic rings. The zero-order valence-corrected chi connectivity index (χ0v) is 11.1. The molecule has 0 radical (unpaired) electrons. The first-order chi connectivity index (χ1) is 7.89. The maximum absolute atomic E-state index is 9.92. The van der Waals surface area contributed by atoms with Crippen LogP contribution in [0.2, 0.25) is 0 Å². The van der Waals surface area contributed by atoms with E-state index in [1.165, 1.54) is 11.1 Å². The standard InChI is InChI=1S/C14H20O3/c1-6-10-7-8(2)12-11(9(10)3)14(4,5)13(15)17-16-12/h7,13,15H,6H2,1-5H3. The summed E-state index contributed by atoms with van der Waals surface area (Å²) >= 11 is 0. The third-order valence-electron chi connectivity index (χ3n) is 3.70. The van der Waals surface area contributed by atoms with E-state index in [1.54, 1.807) is 0 Å². The molecule has 0 bridgehead atoms. The summed E-state index contributed by atoms with van der Waals surface area (Å²) in [6.07, 6.45) is 0.0488. The first-order valence-electron chi connectivity index (χ1n) is 6.04. The molecule has 0 aliphatic carbocycles. The molecule has 0 amide bonds. The Balaban J connectivity index is 2.72. The van der Waals surface area contributed by atoms with Crippen molar-refractivity contribution >= 4 is 0 Å². The summed E-state index contributed by atoms with van der Waals surface area (Å²) in [6, 6.07) is 2.13. The second-order valence-electron chi connectivity index (χ2n) is 5.29. The van der Waals surface area contributed by atoms with Crippen LogP contribution in [0.3, 0.4) is 0 Å². The van der Waals surface area contributed by atoms with Crippen molar-refractivity contribution in [2.75, 3.05) is 0 Å². The van der Waals surface area contributed by atoms with Gasteiger partial charge in [-0.1, -0.05) is 26.8 Å². The Morgan fingerprint density at radius 1 is 1.35 bits per heavy atom. The van der Waals surface area contributed by atoms with Crippen LogP contribution in [0.4, 0.5) is 0 Å². The number of hydrogen-bond acceptors (Lipinski definition) is 3. The molecular weight excluding hydrogens is 216 g/mol. The van der Waals surface area contributed by atoms with E-state index in [-0.39, 0.29) is 0 Å². The first-order valence-corrected chi connectivity index (χ1v) is 6.04. The Bertz CT molecular complexity index is 449. The van der Waals surface area contributed by atoms with Crippen LogP contribution in [-0.4, -0.2) is 11.4 Å². The van der Waals surface area contributed by atoms with Crippen molar-refractivity contribution in [1.82, 2.24) is 0 Å². The Kier molecular flexibility index (Phi) is 2.92. The molecule has 1 aliphatic heterocycles. The molecule has 0 saturated heterocycles. The second-order valence-corrected chi connectivity index (χ2v) is 5.29. The van der Waals surface area contributed by atoms with Gasteiger partial charge < -0.3 is 9.99 Å². The van der Waals surface area contributed by atoms with Crippen molar-refractivity contribution in [1.29, 1.82) is 0 Å². The summed E-state index contributed by atoms with van der Waals surface area (Å²) in [5.41, 5.74) is 4.16. The van der Waals surface area contributed by atoms with Gasteiger partial charge in [-0.05, 0) is 37.0 Å². The molecule has 1 unspecified atom stereocenters. The molecule has 0 fully saturated rings. The molecule has 1 atom stereocenters. The molecule has 1 aromatic carbocycles. The van der Waals surface area contributed by atoms with Crippen molar-refractivity contribution in [3.05, 3.63) is 28.3 Å². The fraction of sp³-hybridized carbons (Fsp3) is 0.571. The van der Waals surface area contributed by atoms with E-state index in [2.05, 4.69) is 19.9 Å². The molecule has 1 aliphatic rings. The number of rotatable bonds is 1. The number of aliphatic hydroxyl groups excluding tert-OH is 1.